The molecule has 1 saturated heterocycles. The predicted octanol–water partition coefficient (Wildman–Crippen LogP) is 0.513. The first-order chi connectivity index (χ1) is 6.35. The lowest BCUT2D eigenvalue weighted by Gasteiger charge is -2.21. The Kier molecular flexibility index (Phi) is 5.72. The topological polar surface area (TPSA) is 64.3 Å². The van der Waals surface area contributed by atoms with Crippen LogP contribution >= 0.6 is 0 Å². The lowest BCUT2D eigenvalue weighted by atomic mass is 10.1. The zero-order valence-corrected chi connectivity index (χ0v) is 9.59. The monoisotopic (exact) mass is 202 g/mol. The van der Waals surface area contributed by atoms with Crippen LogP contribution in [0.2, 0.25) is 0 Å². The Hall–Kier alpha value is -0.610. The third-order valence-electron chi connectivity index (χ3n) is 1.57. The van der Waals surface area contributed by atoms with E-state index in [0.29, 0.717) is 0 Å². The van der Waals surface area contributed by atoms with E-state index < -0.39 is 5.60 Å². The van der Waals surface area contributed by atoms with Crippen molar-refractivity contribution in [3.8, 4) is 0 Å². The number of carbonyl (C=O) groups excluding carboxylic acids is 1. The summed E-state index contributed by atoms with van der Waals surface area (Å²) in [7, 11) is 0. The van der Waals surface area contributed by atoms with Crippen LogP contribution in [0.1, 0.15) is 27.7 Å². The Morgan fingerprint density at radius 2 is 1.93 bits per heavy atom. The molecule has 0 atom stereocenters. The van der Waals surface area contributed by atoms with Gasteiger partial charge in [-0.1, -0.05) is 6.92 Å². The number of hydrogen-bond donors (Lipinski definition) is 2. The molecule has 1 fully saturated rings. The molecule has 1 aliphatic rings. The summed E-state index contributed by atoms with van der Waals surface area (Å²) in [5.41, 5.74) is 4.60. The Morgan fingerprint density at radius 3 is 2.00 bits per heavy atom. The van der Waals surface area contributed by atoms with Gasteiger partial charge in [-0.2, -0.15) is 0 Å². The number of hydrogen-bond acceptors (Lipinski definition) is 4. The van der Waals surface area contributed by atoms with E-state index in [1.54, 1.807) is 20.8 Å². The third kappa shape index (κ3) is 8.01. The van der Waals surface area contributed by atoms with Gasteiger partial charge in [-0.05, 0) is 39.8 Å². The van der Waals surface area contributed by atoms with Crippen molar-refractivity contribution in [1.82, 2.24) is 5.32 Å². The molecule has 0 saturated carbocycles. The second-order valence-electron chi connectivity index (χ2n) is 4.55. The van der Waals surface area contributed by atoms with Gasteiger partial charge in [-0.15, -0.1) is 0 Å². The summed E-state index contributed by atoms with van der Waals surface area (Å²) in [6.07, 6.45) is 0. The average Bonchev–Trinajstić information content (AvgIpc) is 1.99. The van der Waals surface area contributed by atoms with E-state index in [1.807, 2.05) is 0 Å². The first kappa shape index (κ1) is 13.4. The van der Waals surface area contributed by atoms with Crippen LogP contribution in [0.15, 0.2) is 0 Å². The Morgan fingerprint density at radius 1 is 1.50 bits per heavy atom. The molecular formula is C10H22N2O2. The van der Waals surface area contributed by atoms with E-state index in [-0.39, 0.29) is 12.5 Å². The molecule has 0 aromatic heterocycles. The van der Waals surface area contributed by atoms with Crippen LogP contribution in [-0.4, -0.2) is 31.2 Å². The average molecular weight is 202 g/mol. The molecular weight excluding hydrogens is 180 g/mol. The molecule has 1 rings (SSSR count). The zero-order valence-electron chi connectivity index (χ0n) is 9.59. The van der Waals surface area contributed by atoms with Crippen molar-refractivity contribution < 1.29 is 9.53 Å². The Balaban J connectivity index is 0.000000280. The van der Waals surface area contributed by atoms with E-state index >= 15 is 0 Å². The molecule has 0 aromatic carbocycles. The van der Waals surface area contributed by atoms with E-state index in [1.165, 1.54) is 13.1 Å². The van der Waals surface area contributed by atoms with Gasteiger partial charge in [-0.25, -0.2) is 0 Å². The number of rotatable bonds is 1. The van der Waals surface area contributed by atoms with Crippen molar-refractivity contribution in [2.45, 2.75) is 33.3 Å². The van der Waals surface area contributed by atoms with Crippen LogP contribution in [0.3, 0.4) is 0 Å². The maximum Gasteiger partial charge on any atom is 0.320 e. The highest BCUT2D eigenvalue weighted by Gasteiger charge is 2.13. The normalized spacial score (nSPS) is 16.4. The lowest BCUT2D eigenvalue weighted by molar-refractivity contribution is -0.152. The quantitative estimate of drug-likeness (QED) is 0.608. The fraction of sp³-hybridized carbons (Fsp3) is 0.900. The summed E-state index contributed by atoms with van der Waals surface area (Å²) in [4.78, 5) is 10.5. The van der Waals surface area contributed by atoms with Crippen molar-refractivity contribution in [1.29, 1.82) is 0 Å². The highest BCUT2D eigenvalue weighted by molar-refractivity contribution is 5.71. The molecule has 84 valence electrons. The molecule has 1 heterocycles. The van der Waals surface area contributed by atoms with Gasteiger partial charge in [0, 0.05) is 0 Å². The van der Waals surface area contributed by atoms with Gasteiger partial charge in [0.2, 0.25) is 0 Å². The number of ether oxygens (including phenoxy) is 1. The molecule has 4 nitrogen and oxygen atoms in total. The first-order valence-electron chi connectivity index (χ1n) is 4.98. The highest BCUT2D eigenvalue weighted by Crippen LogP contribution is 2.05. The largest absolute Gasteiger partial charge is 0.459 e. The summed E-state index contributed by atoms with van der Waals surface area (Å²) in [5, 5.41) is 3.16. The molecule has 3 N–H and O–H groups in total. The van der Waals surface area contributed by atoms with Crippen LogP contribution in [0.4, 0.5) is 0 Å². The number of nitrogens with two attached hydrogens (primary N) is 1. The van der Waals surface area contributed by atoms with Gasteiger partial charge in [0.25, 0.3) is 0 Å². The molecule has 0 spiro atoms. The van der Waals surface area contributed by atoms with Gasteiger partial charge >= 0.3 is 5.97 Å². The Bertz CT molecular complexity index is 171. The third-order valence-corrected chi connectivity index (χ3v) is 1.57. The van der Waals surface area contributed by atoms with Crippen LogP contribution in [0.5, 0.6) is 0 Å². The first-order valence-corrected chi connectivity index (χ1v) is 4.98. The Labute approximate surface area is 86.2 Å². The fourth-order valence-electron chi connectivity index (χ4n) is 0.816. The van der Waals surface area contributed by atoms with Crippen LogP contribution < -0.4 is 11.1 Å². The van der Waals surface area contributed by atoms with Crippen LogP contribution in [-0.2, 0) is 9.53 Å². The van der Waals surface area contributed by atoms with E-state index in [0.717, 1.165) is 5.92 Å². The maximum atomic E-state index is 10.5. The molecule has 1 aliphatic heterocycles. The predicted molar refractivity (Wildman–Crippen MR) is 56.9 cm³/mol. The van der Waals surface area contributed by atoms with Crippen molar-refractivity contribution in [3.05, 3.63) is 0 Å². The van der Waals surface area contributed by atoms with E-state index in [2.05, 4.69) is 12.2 Å². The van der Waals surface area contributed by atoms with E-state index in [4.69, 9.17) is 10.5 Å². The van der Waals surface area contributed by atoms with E-state index in [9.17, 15) is 4.79 Å². The molecule has 4 heteroatoms. The highest BCUT2D eigenvalue weighted by atomic mass is 16.6. The molecule has 0 unspecified atom stereocenters. The molecule has 0 bridgehead atoms. The molecule has 0 aliphatic carbocycles. The number of nitrogens with one attached hydrogen (secondary N) is 1. The van der Waals surface area contributed by atoms with Gasteiger partial charge in [0.1, 0.15) is 5.60 Å². The van der Waals surface area contributed by atoms with Crippen molar-refractivity contribution >= 4 is 5.97 Å². The minimum atomic E-state index is -0.406. The summed E-state index contributed by atoms with van der Waals surface area (Å²) < 4.78 is 4.82. The van der Waals surface area contributed by atoms with Crippen LogP contribution in [0.25, 0.3) is 0 Å². The van der Waals surface area contributed by atoms with Crippen molar-refractivity contribution in [2.24, 2.45) is 11.7 Å². The smallest absolute Gasteiger partial charge is 0.320 e. The molecule has 0 radical (unpaired) electrons. The standard InChI is InChI=1S/C6H13NO2.C4H9N/c1-6(2,3)9-5(8)4-7;1-4-2-5-3-4/h4,7H2,1-3H3;4-5H,2-3H2,1H3. The SMILES string of the molecule is CC(C)(C)OC(=O)CN.CC1CNC1. The van der Waals surface area contributed by atoms with Crippen molar-refractivity contribution in [2.75, 3.05) is 19.6 Å². The van der Waals surface area contributed by atoms with Gasteiger partial charge < -0.3 is 15.8 Å². The van der Waals surface area contributed by atoms with Gasteiger partial charge in [0.05, 0.1) is 6.54 Å². The molecule has 0 aromatic rings. The second kappa shape index (κ2) is 5.98. The molecule has 14 heavy (non-hydrogen) atoms. The summed E-state index contributed by atoms with van der Waals surface area (Å²) in [6, 6.07) is 0. The number of esters is 1. The summed E-state index contributed by atoms with van der Waals surface area (Å²) in [5.74, 6) is 0.595. The second-order valence-corrected chi connectivity index (χ2v) is 4.55. The van der Waals surface area contributed by atoms with Crippen LogP contribution in [0, 0.1) is 5.92 Å². The minimum Gasteiger partial charge on any atom is -0.459 e. The minimum absolute atomic E-state index is 0.0444. The zero-order chi connectivity index (χ0) is 11.2. The summed E-state index contributed by atoms with van der Waals surface area (Å²) in [6.45, 7) is 10.1. The van der Waals surface area contributed by atoms with Gasteiger partial charge in [0.15, 0.2) is 0 Å². The van der Waals surface area contributed by atoms with Crippen molar-refractivity contribution in [3.63, 3.8) is 0 Å². The fourth-order valence-corrected chi connectivity index (χ4v) is 0.816. The number of carbonyl (C=O) groups is 1. The summed E-state index contributed by atoms with van der Waals surface area (Å²) >= 11 is 0. The maximum absolute atomic E-state index is 10.5. The lowest BCUT2D eigenvalue weighted by Crippen LogP contribution is -2.39. The molecule has 0 amide bonds. The van der Waals surface area contributed by atoms with Gasteiger partial charge in [-0.3, -0.25) is 4.79 Å².